The molecule has 1 fully saturated rings. The third-order valence-corrected chi connectivity index (χ3v) is 5.68. The van der Waals surface area contributed by atoms with Crippen molar-refractivity contribution in [2.24, 2.45) is 0 Å². The van der Waals surface area contributed by atoms with Gasteiger partial charge in [-0.1, -0.05) is 36.4 Å². The molecule has 5 nitrogen and oxygen atoms in total. The topological polar surface area (TPSA) is 60.5 Å². The van der Waals surface area contributed by atoms with Gasteiger partial charge in [0, 0.05) is 37.4 Å². The van der Waals surface area contributed by atoms with Crippen LogP contribution in [0.2, 0.25) is 0 Å². The van der Waals surface area contributed by atoms with Crippen molar-refractivity contribution in [3.63, 3.8) is 0 Å². The number of benzene rings is 2. The molecule has 1 aromatic heterocycles. The molecular weight excluding hydrogens is 407 g/mol. The number of aromatic nitrogens is 1. The van der Waals surface area contributed by atoms with E-state index >= 15 is 0 Å². The van der Waals surface area contributed by atoms with Crippen LogP contribution in [0.4, 0.5) is 4.39 Å². The first-order valence-corrected chi connectivity index (χ1v) is 10.6. The maximum atomic E-state index is 14.4. The van der Waals surface area contributed by atoms with Crippen LogP contribution in [0.1, 0.15) is 24.0 Å². The Morgan fingerprint density at radius 1 is 1.12 bits per heavy atom. The number of carbonyl (C=O) groups excluding carboxylic acids is 1. The average Bonchev–Trinajstić information content (AvgIpc) is 2.85. The zero-order chi connectivity index (χ0) is 22.2. The van der Waals surface area contributed by atoms with Crippen molar-refractivity contribution in [3.05, 3.63) is 96.1 Å². The first kappa shape index (κ1) is 21.7. The van der Waals surface area contributed by atoms with Crippen molar-refractivity contribution < 1.29 is 18.7 Å². The molecule has 6 heteroatoms. The van der Waals surface area contributed by atoms with E-state index in [1.165, 1.54) is 30.0 Å². The Morgan fingerprint density at radius 2 is 1.94 bits per heavy atom. The SMILES string of the molecule is O=C(/C=C/c1ccc(Oc2cccnc2)c(F)c1)NCC1(c2ccccc2)CCOCC1. The third-order valence-electron chi connectivity index (χ3n) is 5.68. The number of rotatable bonds is 7. The van der Waals surface area contributed by atoms with E-state index in [1.807, 2.05) is 18.2 Å². The summed E-state index contributed by atoms with van der Waals surface area (Å²) in [4.78, 5) is 16.4. The molecule has 0 spiro atoms. The lowest BCUT2D eigenvalue weighted by molar-refractivity contribution is -0.116. The molecule has 164 valence electrons. The van der Waals surface area contributed by atoms with Crippen LogP contribution in [-0.2, 0) is 14.9 Å². The molecule has 0 aliphatic carbocycles. The van der Waals surface area contributed by atoms with E-state index in [4.69, 9.17) is 9.47 Å². The van der Waals surface area contributed by atoms with Gasteiger partial charge in [0.2, 0.25) is 5.91 Å². The minimum atomic E-state index is -0.512. The van der Waals surface area contributed by atoms with Gasteiger partial charge in [-0.3, -0.25) is 9.78 Å². The number of pyridine rings is 1. The molecular formula is C26H25FN2O3. The summed E-state index contributed by atoms with van der Waals surface area (Å²) in [5, 5.41) is 3.01. The number of amides is 1. The van der Waals surface area contributed by atoms with Gasteiger partial charge < -0.3 is 14.8 Å². The Morgan fingerprint density at radius 3 is 2.66 bits per heavy atom. The molecule has 4 rings (SSSR count). The number of hydrogen-bond acceptors (Lipinski definition) is 4. The van der Waals surface area contributed by atoms with Gasteiger partial charge in [0.25, 0.3) is 0 Å². The normalized spacial score (nSPS) is 15.4. The molecule has 2 aromatic carbocycles. The molecule has 1 aliphatic rings. The monoisotopic (exact) mass is 432 g/mol. The number of halogens is 1. The predicted molar refractivity (Wildman–Crippen MR) is 121 cm³/mol. The summed E-state index contributed by atoms with van der Waals surface area (Å²) in [7, 11) is 0. The summed E-state index contributed by atoms with van der Waals surface area (Å²) in [6.07, 6.45) is 7.85. The van der Waals surface area contributed by atoms with E-state index in [9.17, 15) is 9.18 Å². The quantitative estimate of drug-likeness (QED) is 0.540. The van der Waals surface area contributed by atoms with Gasteiger partial charge in [0.05, 0.1) is 6.20 Å². The van der Waals surface area contributed by atoms with E-state index in [0.29, 0.717) is 31.1 Å². The number of nitrogens with one attached hydrogen (secondary N) is 1. The highest BCUT2D eigenvalue weighted by Crippen LogP contribution is 2.34. The lowest BCUT2D eigenvalue weighted by atomic mass is 9.74. The van der Waals surface area contributed by atoms with Crippen molar-refractivity contribution in [2.45, 2.75) is 18.3 Å². The van der Waals surface area contributed by atoms with Gasteiger partial charge in [0.15, 0.2) is 11.6 Å². The lowest BCUT2D eigenvalue weighted by Gasteiger charge is -2.37. The molecule has 0 radical (unpaired) electrons. The third kappa shape index (κ3) is 5.39. The van der Waals surface area contributed by atoms with Crippen molar-refractivity contribution in [2.75, 3.05) is 19.8 Å². The smallest absolute Gasteiger partial charge is 0.244 e. The average molecular weight is 432 g/mol. The van der Waals surface area contributed by atoms with Crippen LogP contribution in [0.25, 0.3) is 6.08 Å². The minimum absolute atomic E-state index is 0.101. The van der Waals surface area contributed by atoms with Crippen molar-refractivity contribution in [1.29, 1.82) is 0 Å². The first-order chi connectivity index (χ1) is 15.6. The van der Waals surface area contributed by atoms with Gasteiger partial charge in [-0.05, 0) is 54.3 Å². The predicted octanol–water partition coefficient (Wildman–Crippen LogP) is 4.89. The molecule has 32 heavy (non-hydrogen) atoms. The molecule has 0 atom stereocenters. The molecule has 3 aromatic rings. The molecule has 0 saturated carbocycles. The summed E-state index contributed by atoms with van der Waals surface area (Å²) < 4.78 is 25.4. The maximum Gasteiger partial charge on any atom is 0.244 e. The fraction of sp³-hybridized carbons (Fsp3) is 0.231. The second-order valence-corrected chi connectivity index (χ2v) is 7.79. The lowest BCUT2D eigenvalue weighted by Crippen LogP contribution is -2.44. The van der Waals surface area contributed by atoms with Gasteiger partial charge in [-0.2, -0.15) is 0 Å². The molecule has 1 N–H and O–H groups in total. The summed E-state index contributed by atoms with van der Waals surface area (Å²) in [6.45, 7) is 1.87. The molecule has 1 amide bonds. The molecule has 0 bridgehead atoms. The summed E-state index contributed by atoms with van der Waals surface area (Å²) in [5.74, 6) is -0.178. The Bertz CT molecular complexity index is 1060. The standard InChI is InChI=1S/C26H25FN2O3/c27-23-17-20(8-10-24(23)32-22-7-4-14-28-18-22)9-11-25(30)29-19-26(12-15-31-16-13-26)21-5-2-1-3-6-21/h1-11,14,17-18H,12-13,15-16,19H2,(H,29,30)/b11-9+. The fourth-order valence-electron chi connectivity index (χ4n) is 3.85. The maximum absolute atomic E-state index is 14.4. The van der Waals surface area contributed by atoms with Gasteiger partial charge >= 0.3 is 0 Å². The second-order valence-electron chi connectivity index (χ2n) is 7.79. The molecule has 1 aliphatic heterocycles. The van der Waals surface area contributed by atoms with Gasteiger partial charge in [-0.25, -0.2) is 4.39 Å². The van der Waals surface area contributed by atoms with E-state index < -0.39 is 5.82 Å². The van der Waals surface area contributed by atoms with Crippen molar-refractivity contribution >= 4 is 12.0 Å². The fourth-order valence-corrected chi connectivity index (χ4v) is 3.85. The summed E-state index contributed by atoms with van der Waals surface area (Å²) in [6, 6.07) is 18.2. The van der Waals surface area contributed by atoms with Gasteiger partial charge in [-0.15, -0.1) is 0 Å². The zero-order valence-corrected chi connectivity index (χ0v) is 17.7. The van der Waals surface area contributed by atoms with Crippen LogP contribution >= 0.6 is 0 Å². The Balaban J connectivity index is 1.38. The molecule has 2 heterocycles. The summed E-state index contributed by atoms with van der Waals surface area (Å²) >= 11 is 0. The number of carbonyl (C=O) groups is 1. The van der Waals surface area contributed by atoms with Crippen LogP contribution in [0.5, 0.6) is 11.5 Å². The number of hydrogen-bond donors (Lipinski definition) is 1. The van der Waals surface area contributed by atoms with E-state index in [1.54, 1.807) is 30.5 Å². The first-order valence-electron chi connectivity index (χ1n) is 10.6. The molecule has 1 saturated heterocycles. The molecule has 0 unspecified atom stereocenters. The van der Waals surface area contributed by atoms with Gasteiger partial charge in [0.1, 0.15) is 5.75 Å². The van der Waals surface area contributed by atoms with Crippen LogP contribution < -0.4 is 10.1 Å². The van der Waals surface area contributed by atoms with Crippen LogP contribution in [-0.4, -0.2) is 30.6 Å². The minimum Gasteiger partial charge on any atom is -0.453 e. The Labute approximate surface area is 186 Å². The highest BCUT2D eigenvalue weighted by Gasteiger charge is 2.34. The Hall–Kier alpha value is -3.51. The van der Waals surface area contributed by atoms with Crippen LogP contribution in [0, 0.1) is 5.82 Å². The van der Waals surface area contributed by atoms with E-state index in [0.717, 1.165) is 12.8 Å². The second kappa shape index (κ2) is 10.2. The van der Waals surface area contributed by atoms with Crippen molar-refractivity contribution in [3.8, 4) is 11.5 Å². The number of ether oxygens (including phenoxy) is 2. The van der Waals surface area contributed by atoms with Crippen LogP contribution in [0.15, 0.2) is 79.1 Å². The largest absolute Gasteiger partial charge is 0.453 e. The highest BCUT2D eigenvalue weighted by atomic mass is 19.1. The zero-order valence-electron chi connectivity index (χ0n) is 17.7. The summed E-state index contributed by atoms with van der Waals surface area (Å²) in [5.41, 5.74) is 1.64. The number of nitrogens with zero attached hydrogens (tertiary/aromatic N) is 1. The Kier molecular flexibility index (Phi) is 6.92. The van der Waals surface area contributed by atoms with Crippen molar-refractivity contribution in [1.82, 2.24) is 10.3 Å². The van der Waals surface area contributed by atoms with Crippen LogP contribution in [0.3, 0.4) is 0 Å². The highest BCUT2D eigenvalue weighted by molar-refractivity contribution is 5.91. The van der Waals surface area contributed by atoms with E-state index in [2.05, 4.69) is 22.4 Å². The van der Waals surface area contributed by atoms with E-state index in [-0.39, 0.29) is 17.1 Å².